The Morgan fingerprint density at radius 1 is 1.27 bits per heavy atom. The summed E-state index contributed by atoms with van der Waals surface area (Å²) in [6, 6.07) is 0.166. The van der Waals surface area contributed by atoms with E-state index in [1.807, 2.05) is 6.92 Å². The molecule has 2 aliphatic rings. The molecule has 0 aromatic carbocycles. The Morgan fingerprint density at radius 3 is 2.73 bits per heavy atom. The summed E-state index contributed by atoms with van der Waals surface area (Å²) < 4.78 is 26.4. The zero-order valence-corrected chi connectivity index (χ0v) is 14.3. The lowest BCUT2D eigenvalue weighted by Gasteiger charge is -2.29. The average Bonchev–Trinajstić information content (AvgIpc) is 3.25. The second-order valence-corrected chi connectivity index (χ2v) is 8.89. The average molecular weight is 326 g/mol. The van der Waals surface area contributed by atoms with Gasteiger partial charge in [-0.1, -0.05) is 6.92 Å². The zero-order chi connectivity index (χ0) is 15.7. The molecule has 2 heterocycles. The normalized spacial score (nSPS) is 26.0. The molecule has 2 fully saturated rings. The first-order chi connectivity index (χ1) is 10.5. The van der Waals surface area contributed by atoms with E-state index in [9.17, 15) is 8.42 Å². The molecule has 1 aliphatic heterocycles. The molecule has 0 N–H and O–H groups in total. The number of sulfone groups is 1. The Balaban J connectivity index is 1.80. The van der Waals surface area contributed by atoms with Gasteiger partial charge in [-0.25, -0.2) is 8.42 Å². The quantitative estimate of drug-likeness (QED) is 0.818. The predicted molar refractivity (Wildman–Crippen MR) is 85.2 cm³/mol. The molecule has 1 unspecified atom stereocenters. The minimum Gasteiger partial charge on any atom is -0.314 e. The molecular formula is C15H26N4O2S. The van der Waals surface area contributed by atoms with Gasteiger partial charge < -0.3 is 4.57 Å². The highest BCUT2D eigenvalue weighted by Crippen LogP contribution is 2.37. The van der Waals surface area contributed by atoms with Crippen LogP contribution in [0.1, 0.15) is 44.3 Å². The molecule has 1 saturated heterocycles. The van der Waals surface area contributed by atoms with Gasteiger partial charge in [0.05, 0.1) is 18.1 Å². The van der Waals surface area contributed by atoms with Crippen LogP contribution in [0, 0.1) is 12.8 Å². The van der Waals surface area contributed by atoms with Crippen molar-refractivity contribution in [2.75, 3.05) is 18.1 Å². The second-order valence-electron chi connectivity index (χ2n) is 6.66. The van der Waals surface area contributed by atoms with Crippen LogP contribution in [0.5, 0.6) is 0 Å². The highest BCUT2D eigenvalue weighted by molar-refractivity contribution is 7.91. The van der Waals surface area contributed by atoms with Gasteiger partial charge in [0.15, 0.2) is 9.84 Å². The summed E-state index contributed by atoms with van der Waals surface area (Å²) in [6.07, 6.45) is 4.10. The molecule has 22 heavy (non-hydrogen) atoms. The first-order valence-corrected chi connectivity index (χ1v) is 10.2. The van der Waals surface area contributed by atoms with E-state index in [2.05, 4.69) is 26.6 Å². The van der Waals surface area contributed by atoms with E-state index in [1.165, 1.54) is 0 Å². The van der Waals surface area contributed by atoms with Gasteiger partial charge in [0.1, 0.15) is 11.6 Å². The smallest absolute Gasteiger partial charge is 0.151 e. The molecule has 124 valence electrons. The van der Waals surface area contributed by atoms with Crippen LogP contribution in [-0.2, 0) is 22.9 Å². The van der Waals surface area contributed by atoms with E-state index in [0.29, 0.717) is 17.4 Å². The summed E-state index contributed by atoms with van der Waals surface area (Å²) in [4.78, 5) is 2.35. The van der Waals surface area contributed by atoms with Crippen molar-refractivity contribution in [1.82, 2.24) is 19.7 Å². The highest BCUT2D eigenvalue weighted by atomic mass is 32.2. The first-order valence-electron chi connectivity index (χ1n) is 8.33. The molecule has 1 aliphatic carbocycles. The zero-order valence-electron chi connectivity index (χ0n) is 13.5. The van der Waals surface area contributed by atoms with Crippen LogP contribution in [0.25, 0.3) is 0 Å². The Morgan fingerprint density at radius 2 is 2.05 bits per heavy atom. The summed E-state index contributed by atoms with van der Waals surface area (Å²) in [5.41, 5.74) is 0. The van der Waals surface area contributed by atoms with Crippen molar-refractivity contribution in [1.29, 1.82) is 0 Å². The van der Waals surface area contributed by atoms with Gasteiger partial charge in [0, 0.05) is 12.6 Å². The fourth-order valence-electron chi connectivity index (χ4n) is 3.45. The summed E-state index contributed by atoms with van der Waals surface area (Å²) >= 11 is 0. The van der Waals surface area contributed by atoms with E-state index in [4.69, 9.17) is 0 Å². The van der Waals surface area contributed by atoms with Gasteiger partial charge in [-0.3, -0.25) is 4.90 Å². The van der Waals surface area contributed by atoms with Gasteiger partial charge in [0.2, 0.25) is 0 Å². The lowest BCUT2D eigenvalue weighted by Crippen LogP contribution is -2.40. The third-order valence-electron chi connectivity index (χ3n) is 4.76. The molecule has 0 spiro atoms. The van der Waals surface area contributed by atoms with E-state index in [-0.39, 0.29) is 6.04 Å². The molecule has 1 atom stereocenters. The number of nitrogens with zero attached hydrogens (tertiary/aromatic N) is 4. The summed E-state index contributed by atoms with van der Waals surface area (Å²) in [5, 5.41) is 8.54. The maximum absolute atomic E-state index is 12.1. The highest BCUT2D eigenvalue weighted by Gasteiger charge is 2.40. The van der Waals surface area contributed by atoms with Gasteiger partial charge in [-0.2, -0.15) is 0 Å². The van der Waals surface area contributed by atoms with Crippen LogP contribution in [0.3, 0.4) is 0 Å². The number of hydrogen-bond acceptors (Lipinski definition) is 5. The van der Waals surface area contributed by atoms with Crippen molar-refractivity contribution in [3.05, 3.63) is 11.6 Å². The Bertz CT molecular complexity index is 621. The van der Waals surface area contributed by atoms with Crippen molar-refractivity contribution in [3.63, 3.8) is 0 Å². The lowest BCUT2D eigenvalue weighted by atomic mass is 10.1. The van der Waals surface area contributed by atoms with E-state index in [1.54, 1.807) is 0 Å². The van der Waals surface area contributed by atoms with Crippen LogP contribution in [0.2, 0.25) is 0 Å². The first kappa shape index (κ1) is 15.9. The van der Waals surface area contributed by atoms with Crippen molar-refractivity contribution < 1.29 is 8.42 Å². The van der Waals surface area contributed by atoms with Gasteiger partial charge in [0.25, 0.3) is 0 Å². The molecule has 6 nitrogen and oxygen atoms in total. The van der Waals surface area contributed by atoms with Gasteiger partial charge >= 0.3 is 0 Å². The molecular weight excluding hydrogens is 300 g/mol. The number of aromatic nitrogens is 3. The van der Waals surface area contributed by atoms with E-state index >= 15 is 0 Å². The Hall–Kier alpha value is -0.950. The molecule has 0 bridgehead atoms. The molecule has 1 aromatic rings. The molecule has 3 rings (SSSR count). The number of hydrogen-bond donors (Lipinski definition) is 0. The van der Waals surface area contributed by atoms with Gasteiger partial charge in [-0.05, 0) is 45.1 Å². The molecule has 1 saturated carbocycles. The largest absolute Gasteiger partial charge is 0.314 e. The van der Waals surface area contributed by atoms with Crippen LogP contribution < -0.4 is 0 Å². The van der Waals surface area contributed by atoms with Crippen LogP contribution in [0.4, 0.5) is 0 Å². The molecule has 0 amide bonds. The minimum absolute atomic E-state index is 0.166. The van der Waals surface area contributed by atoms with Crippen molar-refractivity contribution >= 4 is 9.84 Å². The molecule has 7 heteroatoms. The third-order valence-corrected chi connectivity index (χ3v) is 6.52. The summed E-state index contributed by atoms with van der Waals surface area (Å²) in [5.74, 6) is 3.12. The summed E-state index contributed by atoms with van der Waals surface area (Å²) in [7, 11) is -2.90. The van der Waals surface area contributed by atoms with Gasteiger partial charge in [-0.15, -0.1) is 10.2 Å². The van der Waals surface area contributed by atoms with Crippen molar-refractivity contribution in [2.24, 2.45) is 5.92 Å². The standard InChI is InChI=1S/C15H26N4O2S/c1-3-7-19-12(2)16-17-15(19)10-18-8-4-9-22(20,21)11-14(18)13-5-6-13/h13-14H,3-11H2,1-2H3. The Kier molecular flexibility index (Phi) is 4.54. The topological polar surface area (TPSA) is 68.1 Å². The fraction of sp³-hybridized carbons (Fsp3) is 0.867. The molecule has 1 aromatic heterocycles. The fourth-order valence-corrected chi connectivity index (χ4v) is 5.19. The number of rotatable bonds is 5. The van der Waals surface area contributed by atoms with Crippen LogP contribution in [-0.4, -0.2) is 52.2 Å². The second kappa shape index (κ2) is 6.28. The lowest BCUT2D eigenvalue weighted by molar-refractivity contribution is 0.180. The maximum atomic E-state index is 12.1. The van der Waals surface area contributed by atoms with Crippen LogP contribution in [0.15, 0.2) is 0 Å². The van der Waals surface area contributed by atoms with E-state index in [0.717, 1.165) is 57.0 Å². The number of aryl methyl sites for hydroxylation is 1. The Labute approximate surface area is 132 Å². The predicted octanol–water partition coefficient (Wildman–Crippen LogP) is 1.40. The molecule has 0 radical (unpaired) electrons. The third kappa shape index (κ3) is 3.51. The SMILES string of the molecule is CCCn1c(C)nnc1CN1CCCS(=O)(=O)CC1C1CC1. The van der Waals surface area contributed by atoms with Crippen molar-refractivity contribution in [3.8, 4) is 0 Å². The van der Waals surface area contributed by atoms with Crippen molar-refractivity contribution in [2.45, 2.75) is 58.7 Å². The minimum atomic E-state index is -2.90. The maximum Gasteiger partial charge on any atom is 0.151 e. The van der Waals surface area contributed by atoms with Crippen LogP contribution >= 0.6 is 0 Å². The van der Waals surface area contributed by atoms with E-state index < -0.39 is 9.84 Å². The summed E-state index contributed by atoms with van der Waals surface area (Å²) in [6.45, 7) is 6.62. The monoisotopic (exact) mass is 326 g/mol.